The van der Waals surface area contributed by atoms with Crippen molar-refractivity contribution in [1.29, 1.82) is 0 Å². The molecule has 0 aliphatic carbocycles. The van der Waals surface area contributed by atoms with E-state index in [9.17, 15) is 19.5 Å². The molecule has 25 heavy (non-hydrogen) atoms. The molecule has 0 bridgehead atoms. The number of allylic oxidation sites excluding steroid dienone is 1. The van der Waals surface area contributed by atoms with E-state index in [-0.39, 0.29) is 31.3 Å². The summed E-state index contributed by atoms with van der Waals surface area (Å²) in [4.78, 5) is 35.8. The standard InChI is InChI=1S/C18H27NO6/c1-4-6-7-8-9-13(20)18-16(23)25-17(18,3)12(15(22)19-18)10-11-24-14(21)5-2/h4,12-13,20H,1,5-11H2,2-3H3,(H,19,22)/t12-,13?,17-,18-/m0/s1. The van der Waals surface area contributed by atoms with Gasteiger partial charge in [0.05, 0.1) is 18.6 Å². The third-order valence-corrected chi connectivity index (χ3v) is 5.31. The predicted octanol–water partition coefficient (Wildman–Crippen LogP) is 1.24. The van der Waals surface area contributed by atoms with Crippen molar-refractivity contribution in [1.82, 2.24) is 5.32 Å². The van der Waals surface area contributed by atoms with Crippen LogP contribution in [0, 0.1) is 5.92 Å². The number of fused-ring (bicyclic) bond motifs is 1. The molecule has 2 N–H and O–H groups in total. The van der Waals surface area contributed by atoms with Crippen LogP contribution in [0.25, 0.3) is 0 Å². The second-order valence-electron chi connectivity index (χ2n) is 6.80. The Morgan fingerprint density at radius 2 is 2.20 bits per heavy atom. The van der Waals surface area contributed by atoms with Crippen LogP contribution in [-0.2, 0) is 23.9 Å². The smallest absolute Gasteiger partial charge is 0.339 e. The first-order chi connectivity index (χ1) is 11.8. The maximum Gasteiger partial charge on any atom is 0.339 e. The second-order valence-corrected chi connectivity index (χ2v) is 6.80. The number of esters is 2. The highest BCUT2D eigenvalue weighted by atomic mass is 16.6. The van der Waals surface area contributed by atoms with Gasteiger partial charge >= 0.3 is 11.9 Å². The zero-order chi connectivity index (χ0) is 18.7. The van der Waals surface area contributed by atoms with Gasteiger partial charge in [0.1, 0.15) is 0 Å². The fourth-order valence-corrected chi connectivity index (χ4v) is 3.75. The first kappa shape index (κ1) is 19.4. The maximum absolute atomic E-state index is 12.4. The SMILES string of the molecule is C=CCCCCC(O)[C@@]12NC(=O)[C@H](CCOC(=O)CC)[C@]1(C)OC2=O. The van der Waals surface area contributed by atoms with Crippen molar-refractivity contribution in [3.05, 3.63) is 12.7 Å². The summed E-state index contributed by atoms with van der Waals surface area (Å²) in [6, 6.07) is 0. The Kier molecular flexibility index (Phi) is 5.87. The molecule has 0 radical (unpaired) electrons. The molecule has 2 saturated heterocycles. The summed E-state index contributed by atoms with van der Waals surface area (Å²) in [5.74, 6) is -1.96. The van der Waals surface area contributed by atoms with E-state index in [0.717, 1.165) is 12.8 Å². The van der Waals surface area contributed by atoms with Gasteiger partial charge in [0.25, 0.3) is 0 Å². The molecule has 7 heteroatoms. The molecule has 1 unspecified atom stereocenters. The monoisotopic (exact) mass is 353 g/mol. The Morgan fingerprint density at radius 1 is 1.48 bits per heavy atom. The number of ether oxygens (including phenoxy) is 2. The van der Waals surface area contributed by atoms with Crippen LogP contribution in [0.15, 0.2) is 12.7 Å². The number of carbonyl (C=O) groups excluding carboxylic acids is 3. The van der Waals surface area contributed by atoms with E-state index in [1.165, 1.54) is 0 Å². The lowest BCUT2D eigenvalue weighted by Gasteiger charge is -2.53. The molecule has 0 spiro atoms. The topological polar surface area (TPSA) is 102 Å². The first-order valence-electron chi connectivity index (χ1n) is 8.83. The molecule has 2 aliphatic rings. The van der Waals surface area contributed by atoms with Crippen LogP contribution in [0.3, 0.4) is 0 Å². The summed E-state index contributed by atoms with van der Waals surface area (Å²) in [6.45, 7) is 7.07. The van der Waals surface area contributed by atoms with Crippen LogP contribution in [0.5, 0.6) is 0 Å². The van der Waals surface area contributed by atoms with Crippen LogP contribution in [-0.4, -0.2) is 46.8 Å². The molecule has 4 atom stereocenters. The second kappa shape index (κ2) is 7.56. The van der Waals surface area contributed by atoms with Crippen molar-refractivity contribution in [2.75, 3.05) is 6.61 Å². The highest BCUT2D eigenvalue weighted by Gasteiger charge is 2.78. The molecule has 1 amide bonds. The molecule has 0 aromatic rings. The number of aliphatic hydroxyl groups is 1. The van der Waals surface area contributed by atoms with E-state index in [4.69, 9.17) is 9.47 Å². The first-order valence-corrected chi connectivity index (χ1v) is 8.83. The molecule has 2 aliphatic heterocycles. The number of unbranched alkanes of at least 4 members (excludes halogenated alkanes) is 2. The summed E-state index contributed by atoms with van der Waals surface area (Å²) in [5.41, 5.74) is -2.53. The van der Waals surface area contributed by atoms with Gasteiger partial charge in [-0.1, -0.05) is 19.4 Å². The summed E-state index contributed by atoms with van der Waals surface area (Å²) < 4.78 is 10.4. The Balaban J connectivity index is 2.05. The van der Waals surface area contributed by atoms with Crippen LogP contribution < -0.4 is 5.32 Å². The molecule has 0 saturated carbocycles. The van der Waals surface area contributed by atoms with Crippen LogP contribution in [0.2, 0.25) is 0 Å². The van der Waals surface area contributed by atoms with Gasteiger partial charge in [0.15, 0.2) is 5.60 Å². The number of amides is 1. The highest BCUT2D eigenvalue weighted by Crippen LogP contribution is 2.52. The zero-order valence-electron chi connectivity index (χ0n) is 14.9. The number of carbonyl (C=O) groups is 3. The van der Waals surface area contributed by atoms with E-state index in [1.54, 1.807) is 19.9 Å². The minimum Gasteiger partial charge on any atom is -0.466 e. The number of rotatable bonds is 10. The Labute approximate surface area is 147 Å². The minimum absolute atomic E-state index is 0.0728. The lowest BCUT2D eigenvalue weighted by molar-refractivity contribution is -0.236. The summed E-state index contributed by atoms with van der Waals surface area (Å²) >= 11 is 0. The quantitative estimate of drug-likeness (QED) is 0.348. The van der Waals surface area contributed by atoms with Gasteiger partial charge in [-0.25, -0.2) is 4.79 Å². The van der Waals surface area contributed by atoms with Crippen molar-refractivity contribution in [2.24, 2.45) is 5.92 Å². The lowest BCUT2D eigenvalue weighted by Crippen LogP contribution is -2.79. The Bertz CT molecular complexity index is 562. The molecule has 0 aromatic carbocycles. The maximum atomic E-state index is 12.4. The molecule has 2 rings (SSSR count). The number of hydrogen-bond donors (Lipinski definition) is 2. The van der Waals surface area contributed by atoms with Crippen molar-refractivity contribution in [2.45, 2.75) is 69.6 Å². The molecule has 7 nitrogen and oxygen atoms in total. The summed E-state index contributed by atoms with van der Waals surface area (Å²) in [5, 5.41) is 13.3. The minimum atomic E-state index is -1.41. The number of aliphatic hydroxyl groups excluding tert-OH is 1. The van der Waals surface area contributed by atoms with Gasteiger partial charge in [-0.2, -0.15) is 0 Å². The molecule has 2 fully saturated rings. The van der Waals surface area contributed by atoms with Crippen molar-refractivity contribution >= 4 is 17.8 Å². The van der Waals surface area contributed by atoms with Crippen LogP contribution in [0.4, 0.5) is 0 Å². The van der Waals surface area contributed by atoms with Crippen molar-refractivity contribution in [3.63, 3.8) is 0 Å². The van der Waals surface area contributed by atoms with Gasteiger partial charge in [-0.05, 0) is 32.6 Å². The van der Waals surface area contributed by atoms with Crippen molar-refractivity contribution < 1.29 is 29.0 Å². The van der Waals surface area contributed by atoms with E-state index < -0.39 is 29.1 Å². The van der Waals surface area contributed by atoms with Crippen LogP contribution >= 0.6 is 0 Å². The average Bonchev–Trinajstić information content (AvgIpc) is 2.75. The average molecular weight is 353 g/mol. The lowest BCUT2D eigenvalue weighted by atomic mass is 9.67. The van der Waals surface area contributed by atoms with Gasteiger partial charge < -0.3 is 19.9 Å². The molecule has 0 aromatic heterocycles. The fourth-order valence-electron chi connectivity index (χ4n) is 3.75. The Morgan fingerprint density at radius 3 is 2.80 bits per heavy atom. The summed E-state index contributed by atoms with van der Waals surface area (Å²) in [7, 11) is 0. The highest BCUT2D eigenvalue weighted by molar-refractivity contribution is 6.01. The molecule has 140 valence electrons. The van der Waals surface area contributed by atoms with Gasteiger partial charge in [0.2, 0.25) is 11.4 Å². The van der Waals surface area contributed by atoms with E-state index in [1.807, 2.05) is 0 Å². The van der Waals surface area contributed by atoms with Gasteiger partial charge in [-0.3, -0.25) is 9.59 Å². The Hall–Kier alpha value is -1.89. The zero-order valence-corrected chi connectivity index (χ0v) is 14.9. The third-order valence-electron chi connectivity index (χ3n) is 5.31. The largest absolute Gasteiger partial charge is 0.466 e. The normalized spacial score (nSPS) is 31.4. The van der Waals surface area contributed by atoms with E-state index in [0.29, 0.717) is 12.8 Å². The van der Waals surface area contributed by atoms with E-state index in [2.05, 4.69) is 11.9 Å². The number of nitrogens with one attached hydrogen (secondary N) is 1. The number of hydrogen-bond acceptors (Lipinski definition) is 6. The molecular formula is C18H27NO6. The third kappa shape index (κ3) is 3.17. The molecular weight excluding hydrogens is 326 g/mol. The summed E-state index contributed by atoms with van der Waals surface area (Å²) in [6.07, 6.45) is 4.07. The van der Waals surface area contributed by atoms with Gasteiger partial charge in [0, 0.05) is 6.42 Å². The fraction of sp³-hybridized carbons (Fsp3) is 0.722. The van der Waals surface area contributed by atoms with E-state index >= 15 is 0 Å². The van der Waals surface area contributed by atoms with Crippen molar-refractivity contribution in [3.8, 4) is 0 Å². The van der Waals surface area contributed by atoms with Gasteiger partial charge in [-0.15, -0.1) is 6.58 Å². The van der Waals surface area contributed by atoms with Crippen LogP contribution in [0.1, 0.15) is 52.4 Å². The predicted molar refractivity (Wildman–Crippen MR) is 89.4 cm³/mol. The molecule has 2 heterocycles.